The Hall–Kier alpha value is -1.44. The van der Waals surface area contributed by atoms with Gasteiger partial charge in [-0.1, -0.05) is 5.21 Å². The summed E-state index contributed by atoms with van der Waals surface area (Å²) in [6.45, 7) is 4.91. The summed E-state index contributed by atoms with van der Waals surface area (Å²) < 4.78 is 18.8. The van der Waals surface area contributed by atoms with E-state index in [1.807, 2.05) is 32.0 Å². The third-order valence-electron chi connectivity index (χ3n) is 2.79. The molecule has 0 fully saturated rings. The van der Waals surface area contributed by atoms with Crippen LogP contribution in [0, 0.1) is 0 Å². The van der Waals surface area contributed by atoms with Crippen molar-refractivity contribution in [2.45, 2.75) is 20.1 Å². The van der Waals surface area contributed by atoms with Gasteiger partial charge >= 0.3 is 0 Å². The second-order valence-electron chi connectivity index (χ2n) is 4.15. The van der Waals surface area contributed by atoms with Gasteiger partial charge in [-0.3, -0.25) is 0 Å². The molecular weight excluding hydrogens is 338 g/mol. The fourth-order valence-corrected chi connectivity index (χ4v) is 2.25. The van der Waals surface area contributed by atoms with Gasteiger partial charge in [0.1, 0.15) is 11.4 Å². The van der Waals surface area contributed by atoms with Crippen LogP contribution >= 0.6 is 15.9 Å². The lowest BCUT2D eigenvalue weighted by molar-refractivity contribution is -0.142. The third kappa shape index (κ3) is 3.81. The van der Waals surface area contributed by atoms with Gasteiger partial charge in [0.05, 0.1) is 19.0 Å². The van der Waals surface area contributed by atoms with Gasteiger partial charge in [-0.25, -0.2) is 4.68 Å². The lowest BCUT2D eigenvalue weighted by Gasteiger charge is -2.13. The maximum Gasteiger partial charge on any atom is 0.204 e. The topological polar surface area (TPSA) is 58.4 Å². The quantitative estimate of drug-likeness (QED) is 0.714. The van der Waals surface area contributed by atoms with Crippen LogP contribution in [0.3, 0.4) is 0 Å². The second kappa shape index (κ2) is 7.53. The highest BCUT2D eigenvalue weighted by Gasteiger charge is 2.17. The van der Waals surface area contributed by atoms with E-state index in [9.17, 15) is 0 Å². The van der Waals surface area contributed by atoms with Gasteiger partial charge in [0, 0.05) is 23.8 Å². The van der Waals surface area contributed by atoms with E-state index in [0.717, 1.165) is 15.9 Å². The maximum atomic E-state index is 5.52. The molecule has 0 aliphatic carbocycles. The van der Waals surface area contributed by atoms with E-state index in [-0.39, 0.29) is 0 Å². The number of nitrogens with zero attached hydrogens (tertiary/aromatic N) is 3. The monoisotopic (exact) mass is 355 g/mol. The van der Waals surface area contributed by atoms with Crippen molar-refractivity contribution in [3.05, 3.63) is 34.6 Å². The highest BCUT2D eigenvalue weighted by atomic mass is 79.9. The molecule has 1 aromatic carbocycles. The Morgan fingerprint density at radius 1 is 1.24 bits per heavy atom. The first-order valence-electron chi connectivity index (χ1n) is 6.69. The minimum Gasteiger partial charge on any atom is -0.497 e. The molecule has 0 aliphatic heterocycles. The molecule has 0 aliphatic rings. The van der Waals surface area contributed by atoms with E-state index in [4.69, 9.17) is 14.2 Å². The molecule has 0 saturated heterocycles. The van der Waals surface area contributed by atoms with Crippen LogP contribution in [0.4, 0.5) is 0 Å². The summed E-state index contributed by atoms with van der Waals surface area (Å²) in [6, 6.07) is 5.64. The number of aromatic nitrogens is 3. The zero-order chi connectivity index (χ0) is 15.2. The first-order valence-corrected chi connectivity index (χ1v) is 7.48. The summed E-state index contributed by atoms with van der Waals surface area (Å²) in [5, 5.41) is 8.26. The van der Waals surface area contributed by atoms with Gasteiger partial charge in [-0.2, -0.15) is 0 Å². The molecule has 0 unspecified atom stereocenters. The van der Waals surface area contributed by atoms with Gasteiger partial charge in [-0.05, 0) is 41.9 Å². The smallest absolute Gasteiger partial charge is 0.204 e. The molecule has 1 heterocycles. The van der Waals surface area contributed by atoms with Crippen molar-refractivity contribution < 1.29 is 14.2 Å². The number of halogens is 1. The van der Waals surface area contributed by atoms with E-state index in [1.54, 1.807) is 18.0 Å². The normalized spacial score (nSPS) is 11.1. The Balaban J connectivity index is 2.30. The largest absolute Gasteiger partial charge is 0.497 e. The summed E-state index contributed by atoms with van der Waals surface area (Å²) in [4.78, 5) is 0. The van der Waals surface area contributed by atoms with Gasteiger partial charge in [-0.15, -0.1) is 5.10 Å². The van der Waals surface area contributed by atoms with Crippen LogP contribution in [0.5, 0.6) is 5.75 Å². The van der Waals surface area contributed by atoms with Gasteiger partial charge < -0.3 is 14.2 Å². The van der Waals surface area contributed by atoms with Crippen LogP contribution < -0.4 is 4.74 Å². The molecule has 0 spiro atoms. The van der Waals surface area contributed by atoms with Gasteiger partial charge in [0.25, 0.3) is 0 Å². The Kier molecular flexibility index (Phi) is 5.72. The van der Waals surface area contributed by atoms with Crippen molar-refractivity contribution in [1.29, 1.82) is 0 Å². The Labute approximate surface area is 132 Å². The van der Waals surface area contributed by atoms with Crippen molar-refractivity contribution in [2.75, 3.05) is 20.3 Å². The second-order valence-corrected chi connectivity index (χ2v) is 5.00. The van der Waals surface area contributed by atoms with E-state index in [2.05, 4.69) is 26.2 Å². The molecule has 2 rings (SSSR count). The predicted molar refractivity (Wildman–Crippen MR) is 81.6 cm³/mol. The molecule has 2 aromatic rings. The van der Waals surface area contributed by atoms with Crippen molar-refractivity contribution in [3.63, 3.8) is 0 Å². The van der Waals surface area contributed by atoms with Crippen LogP contribution in [0.25, 0.3) is 5.69 Å². The van der Waals surface area contributed by atoms with Gasteiger partial charge in [0.15, 0.2) is 0 Å². The maximum absolute atomic E-state index is 5.52. The summed E-state index contributed by atoms with van der Waals surface area (Å²) in [6.07, 6.45) is 1.29. The average Bonchev–Trinajstić information content (AvgIpc) is 2.97. The fourth-order valence-electron chi connectivity index (χ4n) is 1.82. The summed E-state index contributed by atoms with van der Waals surface area (Å²) >= 11 is 3.50. The van der Waals surface area contributed by atoms with Crippen LogP contribution in [0.15, 0.2) is 28.9 Å². The number of benzene rings is 1. The highest BCUT2D eigenvalue weighted by Crippen LogP contribution is 2.26. The van der Waals surface area contributed by atoms with E-state index >= 15 is 0 Å². The van der Waals surface area contributed by atoms with E-state index in [0.29, 0.717) is 18.9 Å². The number of rotatable bonds is 7. The van der Waals surface area contributed by atoms with Crippen molar-refractivity contribution in [1.82, 2.24) is 15.0 Å². The molecule has 1 aromatic heterocycles. The SMILES string of the molecule is CCOC(OCC)c1cn(-c2cc(OC)ccc2Br)nn1. The standard InChI is InChI=1S/C14H18BrN3O3/c1-4-20-14(21-5-2)12-9-18(17-16-12)13-8-10(19-3)6-7-11(13)15/h6-9,14H,4-5H2,1-3H3. The van der Waals surface area contributed by atoms with Crippen molar-refractivity contribution in [3.8, 4) is 11.4 Å². The fraction of sp³-hybridized carbons (Fsp3) is 0.429. The zero-order valence-electron chi connectivity index (χ0n) is 12.2. The number of ether oxygens (including phenoxy) is 3. The number of methoxy groups -OCH3 is 1. The van der Waals surface area contributed by atoms with Gasteiger partial charge in [0.2, 0.25) is 6.29 Å². The number of hydrogen-bond acceptors (Lipinski definition) is 5. The molecular formula is C14H18BrN3O3. The minimum atomic E-state index is -0.502. The first kappa shape index (κ1) is 15.9. The molecule has 0 saturated carbocycles. The summed E-state index contributed by atoms with van der Waals surface area (Å²) in [5.41, 5.74) is 1.47. The zero-order valence-corrected chi connectivity index (χ0v) is 13.8. The molecule has 21 heavy (non-hydrogen) atoms. The predicted octanol–water partition coefficient (Wildman–Crippen LogP) is 3.11. The molecule has 7 heteroatoms. The molecule has 0 amide bonds. The Morgan fingerprint density at radius 3 is 2.57 bits per heavy atom. The van der Waals surface area contributed by atoms with Crippen LogP contribution in [-0.2, 0) is 9.47 Å². The summed E-state index contributed by atoms with van der Waals surface area (Å²) in [5.74, 6) is 0.747. The lowest BCUT2D eigenvalue weighted by atomic mass is 10.3. The Morgan fingerprint density at radius 2 is 1.95 bits per heavy atom. The van der Waals surface area contributed by atoms with Crippen molar-refractivity contribution in [2.24, 2.45) is 0 Å². The molecule has 0 N–H and O–H groups in total. The van der Waals surface area contributed by atoms with Crippen LogP contribution in [-0.4, -0.2) is 35.3 Å². The van der Waals surface area contributed by atoms with E-state index < -0.39 is 6.29 Å². The first-order chi connectivity index (χ1) is 10.2. The van der Waals surface area contributed by atoms with Crippen LogP contribution in [0.1, 0.15) is 25.8 Å². The Bertz CT molecular complexity index is 583. The minimum absolute atomic E-state index is 0.502. The molecule has 0 bridgehead atoms. The average molecular weight is 356 g/mol. The molecule has 0 radical (unpaired) electrons. The van der Waals surface area contributed by atoms with Crippen LogP contribution in [0.2, 0.25) is 0 Å². The lowest BCUT2D eigenvalue weighted by Crippen LogP contribution is -2.09. The number of hydrogen-bond donors (Lipinski definition) is 0. The van der Waals surface area contributed by atoms with E-state index in [1.165, 1.54) is 0 Å². The highest BCUT2D eigenvalue weighted by molar-refractivity contribution is 9.10. The third-order valence-corrected chi connectivity index (χ3v) is 3.46. The molecule has 0 atom stereocenters. The van der Waals surface area contributed by atoms with Crippen molar-refractivity contribution >= 4 is 15.9 Å². The summed E-state index contributed by atoms with van der Waals surface area (Å²) in [7, 11) is 1.62. The molecule has 114 valence electrons. The molecule has 6 nitrogen and oxygen atoms in total.